The average molecular weight is 409 g/mol. The van der Waals surface area contributed by atoms with Crippen LogP contribution in [0.3, 0.4) is 0 Å². The number of methoxy groups -OCH3 is 1. The number of ether oxygens (including phenoxy) is 1. The van der Waals surface area contributed by atoms with E-state index >= 15 is 0 Å². The van der Waals surface area contributed by atoms with Gasteiger partial charge in [-0.05, 0) is 36.0 Å². The van der Waals surface area contributed by atoms with Gasteiger partial charge < -0.3 is 21.5 Å². The van der Waals surface area contributed by atoms with Gasteiger partial charge in [0.1, 0.15) is 18.2 Å². The van der Waals surface area contributed by atoms with E-state index in [1.165, 1.54) is 7.11 Å². The Balaban J connectivity index is 2.14. The molecular weight excluding hydrogens is 382 g/mol. The third kappa shape index (κ3) is 6.73. The van der Waals surface area contributed by atoms with Crippen molar-refractivity contribution in [1.29, 1.82) is 10.8 Å². The molecule has 0 saturated heterocycles. The highest BCUT2D eigenvalue weighted by atomic mass is 16.5. The maximum absolute atomic E-state index is 12.4. The highest BCUT2D eigenvalue weighted by molar-refractivity contribution is 5.95. The van der Waals surface area contributed by atoms with E-state index < -0.39 is 5.97 Å². The number of benzene rings is 2. The van der Waals surface area contributed by atoms with E-state index in [2.05, 4.69) is 10.1 Å². The Bertz CT molecular complexity index is 925. The molecule has 30 heavy (non-hydrogen) atoms. The van der Waals surface area contributed by atoms with Gasteiger partial charge in [-0.2, -0.15) is 0 Å². The fraction of sp³-hybridized carbons (Fsp3) is 0.273. The van der Waals surface area contributed by atoms with Crippen LogP contribution in [0.2, 0.25) is 0 Å². The third-order valence-electron chi connectivity index (χ3n) is 4.80. The molecule has 0 aliphatic carbocycles. The molecule has 8 heteroatoms. The van der Waals surface area contributed by atoms with Crippen molar-refractivity contribution >= 4 is 23.5 Å². The van der Waals surface area contributed by atoms with E-state index in [0.717, 1.165) is 11.1 Å². The van der Waals surface area contributed by atoms with Gasteiger partial charge in [0.2, 0.25) is 5.91 Å². The van der Waals surface area contributed by atoms with Crippen molar-refractivity contribution in [2.75, 3.05) is 13.7 Å². The topological polar surface area (TPSA) is 155 Å². The fourth-order valence-electron chi connectivity index (χ4n) is 3.08. The van der Waals surface area contributed by atoms with Crippen molar-refractivity contribution in [1.82, 2.24) is 5.32 Å². The summed E-state index contributed by atoms with van der Waals surface area (Å²) in [6.45, 7) is -0.179. The molecule has 1 unspecified atom stereocenters. The van der Waals surface area contributed by atoms with Crippen LogP contribution in [0.25, 0.3) is 0 Å². The number of amidine groups is 2. The Morgan fingerprint density at radius 3 is 2.30 bits per heavy atom. The molecule has 0 heterocycles. The first kappa shape index (κ1) is 22.6. The van der Waals surface area contributed by atoms with Gasteiger partial charge in [0, 0.05) is 17.5 Å². The number of amides is 1. The summed E-state index contributed by atoms with van der Waals surface area (Å²) < 4.78 is 4.55. The molecule has 1 atom stereocenters. The minimum atomic E-state index is -0.510. The number of carbonyl (C=O) groups excluding carboxylic acids is 2. The first-order valence-electron chi connectivity index (χ1n) is 9.51. The highest BCUT2D eigenvalue weighted by Crippen LogP contribution is 2.26. The summed E-state index contributed by atoms with van der Waals surface area (Å²) in [7, 11) is 1.27. The van der Waals surface area contributed by atoms with Crippen LogP contribution in [0.5, 0.6) is 0 Å². The molecule has 0 aliphatic rings. The van der Waals surface area contributed by atoms with E-state index in [-0.39, 0.29) is 36.5 Å². The largest absolute Gasteiger partial charge is 0.468 e. The van der Waals surface area contributed by atoms with Crippen molar-refractivity contribution in [2.45, 2.75) is 25.2 Å². The molecule has 8 nitrogen and oxygen atoms in total. The predicted octanol–water partition coefficient (Wildman–Crippen LogP) is 1.65. The second-order valence-electron chi connectivity index (χ2n) is 6.94. The summed E-state index contributed by atoms with van der Waals surface area (Å²) in [5.74, 6) is -0.919. The van der Waals surface area contributed by atoms with E-state index in [1.807, 2.05) is 30.3 Å². The lowest BCUT2D eigenvalue weighted by molar-refractivity contribution is -0.141. The van der Waals surface area contributed by atoms with Crippen LogP contribution >= 0.6 is 0 Å². The van der Waals surface area contributed by atoms with Gasteiger partial charge in [0.05, 0.1) is 7.11 Å². The van der Waals surface area contributed by atoms with Crippen LogP contribution in [0.1, 0.15) is 41.0 Å². The highest BCUT2D eigenvalue weighted by Gasteiger charge is 2.18. The van der Waals surface area contributed by atoms with Crippen molar-refractivity contribution < 1.29 is 14.3 Å². The first-order chi connectivity index (χ1) is 14.3. The number of rotatable bonds is 10. The van der Waals surface area contributed by atoms with Crippen molar-refractivity contribution in [2.24, 2.45) is 11.5 Å². The number of hydrogen-bond acceptors (Lipinski definition) is 5. The Labute approximate surface area is 175 Å². The third-order valence-corrected chi connectivity index (χ3v) is 4.80. The second-order valence-corrected chi connectivity index (χ2v) is 6.94. The standard InChI is InChI=1S/C22H27N5O3/c1-30-20(29)13-27-19(28)12-17(16-3-2-4-18(11-16)22(25)26)10-7-14-5-8-15(9-6-14)21(23)24/h2-6,8-9,11,17H,7,10,12-13H2,1H3,(H3,23,24)(H3,25,26)(H,27,28). The molecule has 7 N–H and O–H groups in total. The van der Waals surface area contributed by atoms with Crippen molar-refractivity contribution in [3.63, 3.8) is 0 Å². The second kappa shape index (κ2) is 10.8. The Morgan fingerprint density at radius 2 is 1.70 bits per heavy atom. The Morgan fingerprint density at radius 1 is 1.03 bits per heavy atom. The molecule has 158 valence electrons. The minimum Gasteiger partial charge on any atom is -0.468 e. The lowest BCUT2D eigenvalue weighted by atomic mass is 9.88. The van der Waals surface area contributed by atoms with Gasteiger partial charge in [0.15, 0.2) is 0 Å². The van der Waals surface area contributed by atoms with Gasteiger partial charge >= 0.3 is 5.97 Å². The minimum absolute atomic E-state index is 0.0164. The Hall–Kier alpha value is -3.68. The van der Waals surface area contributed by atoms with Crippen LogP contribution in [0.15, 0.2) is 48.5 Å². The summed E-state index contributed by atoms with van der Waals surface area (Å²) in [6, 6.07) is 14.7. The average Bonchev–Trinajstić information content (AvgIpc) is 2.75. The normalized spacial score (nSPS) is 11.4. The molecule has 0 bridgehead atoms. The monoisotopic (exact) mass is 409 g/mol. The molecule has 2 rings (SSSR count). The van der Waals surface area contributed by atoms with Crippen molar-refractivity contribution in [3.8, 4) is 0 Å². The number of carbonyl (C=O) groups is 2. The maximum Gasteiger partial charge on any atom is 0.325 e. The summed E-state index contributed by atoms with van der Waals surface area (Å²) in [4.78, 5) is 23.7. The van der Waals surface area contributed by atoms with Gasteiger partial charge in [-0.15, -0.1) is 0 Å². The number of esters is 1. The number of nitrogens with one attached hydrogen (secondary N) is 3. The van der Waals surface area contributed by atoms with Crippen LogP contribution in [-0.2, 0) is 20.7 Å². The van der Waals surface area contributed by atoms with Crippen LogP contribution in [0.4, 0.5) is 0 Å². The van der Waals surface area contributed by atoms with Crippen LogP contribution < -0.4 is 16.8 Å². The fourth-order valence-corrected chi connectivity index (χ4v) is 3.08. The molecule has 0 aliphatic heterocycles. The van der Waals surface area contributed by atoms with Gasteiger partial charge in [0.25, 0.3) is 0 Å². The summed E-state index contributed by atoms with van der Waals surface area (Å²) in [6.07, 6.45) is 1.56. The summed E-state index contributed by atoms with van der Waals surface area (Å²) in [5.41, 5.74) is 14.3. The van der Waals surface area contributed by atoms with E-state index in [0.29, 0.717) is 24.0 Å². The predicted molar refractivity (Wildman–Crippen MR) is 116 cm³/mol. The molecule has 0 fully saturated rings. The van der Waals surface area contributed by atoms with Gasteiger partial charge in [-0.3, -0.25) is 20.4 Å². The van der Waals surface area contributed by atoms with E-state index in [4.69, 9.17) is 22.3 Å². The molecular formula is C22H27N5O3. The van der Waals surface area contributed by atoms with Gasteiger partial charge in [-0.25, -0.2) is 0 Å². The van der Waals surface area contributed by atoms with Crippen molar-refractivity contribution in [3.05, 3.63) is 70.8 Å². The van der Waals surface area contributed by atoms with E-state index in [1.54, 1.807) is 18.2 Å². The van der Waals surface area contributed by atoms with Crippen LogP contribution in [0, 0.1) is 10.8 Å². The lowest BCUT2D eigenvalue weighted by Gasteiger charge is -2.18. The quantitative estimate of drug-likeness (QED) is 0.229. The molecule has 0 radical (unpaired) electrons. The molecule has 1 amide bonds. The zero-order valence-electron chi connectivity index (χ0n) is 16.9. The summed E-state index contributed by atoms with van der Waals surface area (Å²) >= 11 is 0. The van der Waals surface area contributed by atoms with E-state index in [9.17, 15) is 9.59 Å². The molecule has 0 spiro atoms. The Kier molecular flexibility index (Phi) is 8.10. The zero-order valence-corrected chi connectivity index (χ0v) is 16.9. The summed E-state index contributed by atoms with van der Waals surface area (Å²) in [5, 5.41) is 17.7. The number of nitrogens with two attached hydrogens (primary N) is 2. The maximum atomic E-state index is 12.4. The smallest absolute Gasteiger partial charge is 0.325 e. The zero-order chi connectivity index (χ0) is 22.1. The molecule has 0 aromatic heterocycles. The molecule has 2 aromatic rings. The number of nitrogen functional groups attached to an aromatic ring is 2. The lowest BCUT2D eigenvalue weighted by Crippen LogP contribution is -2.31. The molecule has 0 saturated carbocycles. The number of aryl methyl sites for hydroxylation is 1. The number of hydrogen-bond donors (Lipinski definition) is 5. The first-order valence-corrected chi connectivity index (χ1v) is 9.51. The van der Waals surface area contributed by atoms with Crippen LogP contribution in [-0.4, -0.2) is 37.2 Å². The molecule has 2 aromatic carbocycles. The SMILES string of the molecule is COC(=O)CNC(=O)CC(CCc1ccc(C(=N)N)cc1)c1cccc(C(=N)N)c1. The van der Waals surface area contributed by atoms with Gasteiger partial charge in [-0.1, -0.05) is 42.5 Å².